The van der Waals surface area contributed by atoms with Crippen LogP contribution in [-0.2, 0) is 11.2 Å². The minimum Gasteiger partial charge on any atom is -0.294 e. The number of amides is 1. The van der Waals surface area contributed by atoms with Crippen molar-refractivity contribution in [3.05, 3.63) is 20.8 Å². The van der Waals surface area contributed by atoms with E-state index in [-0.39, 0.29) is 5.91 Å². The number of hydrogen-bond donors (Lipinski definition) is 2. The van der Waals surface area contributed by atoms with Crippen LogP contribution in [0.15, 0.2) is 15.9 Å². The highest BCUT2D eigenvalue weighted by Crippen LogP contribution is 2.21. The monoisotopic (exact) mass is 262 g/mol. The minimum atomic E-state index is -0.101. The minimum absolute atomic E-state index is 0.101. The van der Waals surface area contributed by atoms with E-state index in [1.165, 1.54) is 4.88 Å². The van der Waals surface area contributed by atoms with Gasteiger partial charge in [-0.1, -0.05) is 0 Å². The SMILES string of the molecule is NNC(=O)CCCc1cc(Br)cs1. The van der Waals surface area contributed by atoms with Gasteiger partial charge in [0.15, 0.2) is 0 Å². The molecule has 1 amide bonds. The molecule has 3 N–H and O–H groups in total. The molecule has 0 bridgehead atoms. The van der Waals surface area contributed by atoms with Crippen molar-refractivity contribution >= 4 is 33.2 Å². The number of nitrogens with one attached hydrogen (secondary N) is 1. The average Bonchev–Trinajstić information content (AvgIpc) is 2.51. The van der Waals surface area contributed by atoms with Gasteiger partial charge in [0.1, 0.15) is 0 Å². The van der Waals surface area contributed by atoms with Gasteiger partial charge < -0.3 is 0 Å². The number of thiophene rings is 1. The number of nitrogens with two attached hydrogens (primary N) is 1. The molecule has 1 aromatic rings. The maximum Gasteiger partial charge on any atom is 0.233 e. The van der Waals surface area contributed by atoms with E-state index in [4.69, 9.17) is 5.84 Å². The van der Waals surface area contributed by atoms with E-state index in [1.807, 2.05) is 5.38 Å². The molecule has 1 rings (SSSR count). The van der Waals surface area contributed by atoms with Crippen molar-refractivity contribution in [1.29, 1.82) is 0 Å². The van der Waals surface area contributed by atoms with E-state index >= 15 is 0 Å². The lowest BCUT2D eigenvalue weighted by molar-refractivity contribution is -0.121. The first-order valence-electron chi connectivity index (χ1n) is 3.94. The summed E-state index contributed by atoms with van der Waals surface area (Å²) in [5, 5.41) is 2.04. The highest BCUT2D eigenvalue weighted by Gasteiger charge is 2.00. The number of carbonyl (C=O) groups is 1. The first-order chi connectivity index (χ1) is 6.22. The second-order valence-corrected chi connectivity index (χ2v) is 4.56. The van der Waals surface area contributed by atoms with E-state index in [9.17, 15) is 4.79 Å². The highest BCUT2D eigenvalue weighted by molar-refractivity contribution is 9.10. The zero-order valence-electron chi connectivity index (χ0n) is 7.05. The summed E-state index contributed by atoms with van der Waals surface area (Å²) in [5.74, 6) is 4.85. The Balaban J connectivity index is 2.24. The normalized spacial score (nSPS) is 10.0. The Bertz CT molecular complexity index is 287. The molecule has 0 fully saturated rings. The molecule has 0 aromatic carbocycles. The number of carbonyl (C=O) groups excluding carboxylic acids is 1. The summed E-state index contributed by atoms with van der Waals surface area (Å²) in [6, 6.07) is 2.07. The van der Waals surface area contributed by atoms with Crippen LogP contribution in [-0.4, -0.2) is 5.91 Å². The second kappa shape index (κ2) is 5.36. The lowest BCUT2D eigenvalue weighted by Gasteiger charge is -1.97. The van der Waals surface area contributed by atoms with Gasteiger partial charge in [0.2, 0.25) is 5.91 Å². The van der Waals surface area contributed by atoms with Gasteiger partial charge >= 0.3 is 0 Å². The molecule has 0 unspecified atom stereocenters. The van der Waals surface area contributed by atoms with Gasteiger partial charge in [-0.05, 0) is 34.8 Å². The first-order valence-corrected chi connectivity index (χ1v) is 5.62. The fraction of sp³-hybridized carbons (Fsp3) is 0.375. The van der Waals surface area contributed by atoms with Crippen LogP contribution in [0.1, 0.15) is 17.7 Å². The molecule has 3 nitrogen and oxygen atoms in total. The Hall–Kier alpha value is -0.390. The van der Waals surface area contributed by atoms with Crippen LogP contribution >= 0.6 is 27.3 Å². The highest BCUT2D eigenvalue weighted by atomic mass is 79.9. The molecule has 0 atom stereocenters. The lowest BCUT2D eigenvalue weighted by Crippen LogP contribution is -2.29. The van der Waals surface area contributed by atoms with E-state index in [0.29, 0.717) is 6.42 Å². The average molecular weight is 263 g/mol. The van der Waals surface area contributed by atoms with Crippen LogP contribution in [0.4, 0.5) is 0 Å². The Morgan fingerprint density at radius 1 is 1.69 bits per heavy atom. The maximum absolute atomic E-state index is 10.8. The summed E-state index contributed by atoms with van der Waals surface area (Å²) in [7, 11) is 0. The Labute approximate surface area is 89.4 Å². The summed E-state index contributed by atoms with van der Waals surface area (Å²) in [5.41, 5.74) is 2.11. The predicted octanol–water partition coefficient (Wildman–Crippen LogP) is 1.82. The number of hydrazine groups is 1. The van der Waals surface area contributed by atoms with E-state index < -0.39 is 0 Å². The van der Waals surface area contributed by atoms with Crippen molar-refractivity contribution in [1.82, 2.24) is 5.43 Å². The quantitative estimate of drug-likeness (QED) is 0.494. The number of aryl methyl sites for hydroxylation is 1. The molecule has 0 saturated carbocycles. The van der Waals surface area contributed by atoms with Gasteiger partial charge in [0, 0.05) is 21.2 Å². The van der Waals surface area contributed by atoms with Crippen molar-refractivity contribution in [3.8, 4) is 0 Å². The van der Waals surface area contributed by atoms with Crippen LogP contribution in [0.2, 0.25) is 0 Å². The molecule has 0 aliphatic rings. The Kier molecular flexibility index (Phi) is 4.41. The molecule has 0 aliphatic carbocycles. The summed E-state index contributed by atoms with van der Waals surface area (Å²) < 4.78 is 1.11. The van der Waals surface area contributed by atoms with Crippen molar-refractivity contribution in [2.24, 2.45) is 5.84 Å². The number of hydrogen-bond acceptors (Lipinski definition) is 3. The summed E-state index contributed by atoms with van der Waals surface area (Å²) >= 11 is 5.08. The molecule has 0 radical (unpaired) electrons. The van der Waals surface area contributed by atoms with Crippen LogP contribution in [0, 0.1) is 0 Å². The van der Waals surface area contributed by atoms with E-state index in [1.54, 1.807) is 11.3 Å². The maximum atomic E-state index is 10.8. The summed E-state index contributed by atoms with van der Waals surface area (Å²) in [6.07, 6.45) is 2.27. The second-order valence-electron chi connectivity index (χ2n) is 2.65. The molecule has 0 aliphatic heterocycles. The fourth-order valence-electron chi connectivity index (χ4n) is 0.980. The van der Waals surface area contributed by atoms with Crippen molar-refractivity contribution in [3.63, 3.8) is 0 Å². The topological polar surface area (TPSA) is 55.1 Å². The van der Waals surface area contributed by atoms with Crippen molar-refractivity contribution in [2.45, 2.75) is 19.3 Å². The van der Waals surface area contributed by atoms with Crippen LogP contribution in [0.3, 0.4) is 0 Å². The van der Waals surface area contributed by atoms with Gasteiger partial charge in [-0.15, -0.1) is 11.3 Å². The van der Waals surface area contributed by atoms with Gasteiger partial charge in [-0.2, -0.15) is 0 Å². The number of halogens is 1. The molecule has 1 aromatic heterocycles. The van der Waals surface area contributed by atoms with Gasteiger partial charge in [-0.3, -0.25) is 10.2 Å². The smallest absolute Gasteiger partial charge is 0.233 e. The molecular formula is C8H11BrN2OS. The van der Waals surface area contributed by atoms with E-state index in [2.05, 4.69) is 27.4 Å². The third-order valence-electron chi connectivity index (χ3n) is 1.61. The van der Waals surface area contributed by atoms with Gasteiger partial charge in [-0.25, -0.2) is 5.84 Å². The van der Waals surface area contributed by atoms with Crippen LogP contribution < -0.4 is 11.3 Å². The zero-order chi connectivity index (χ0) is 9.68. The third-order valence-corrected chi connectivity index (χ3v) is 3.37. The summed E-state index contributed by atoms with van der Waals surface area (Å²) in [4.78, 5) is 12.1. The third kappa shape index (κ3) is 3.89. The van der Waals surface area contributed by atoms with Crippen molar-refractivity contribution in [2.75, 3.05) is 0 Å². The molecule has 0 spiro atoms. The molecule has 5 heteroatoms. The van der Waals surface area contributed by atoms with E-state index in [0.717, 1.165) is 17.3 Å². The largest absolute Gasteiger partial charge is 0.294 e. The fourth-order valence-corrected chi connectivity index (χ4v) is 2.48. The molecule has 1 heterocycles. The van der Waals surface area contributed by atoms with Crippen LogP contribution in [0.5, 0.6) is 0 Å². The van der Waals surface area contributed by atoms with Gasteiger partial charge in [0.25, 0.3) is 0 Å². The Morgan fingerprint density at radius 2 is 2.46 bits per heavy atom. The van der Waals surface area contributed by atoms with Crippen molar-refractivity contribution < 1.29 is 4.79 Å². The predicted molar refractivity (Wildman–Crippen MR) is 57.3 cm³/mol. The molecule has 0 saturated heterocycles. The summed E-state index contributed by atoms with van der Waals surface area (Å²) in [6.45, 7) is 0. The molecule has 13 heavy (non-hydrogen) atoms. The van der Waals surface area contributed by atoms with Crippen LogP contribution in [0.25, 0.3) is 0 Å². The zero-order valence-corrected chi connectivity index (χ0v) is 9.45. The number of rotatable bonds is 4. The molecular weight excluding hydrogens is 252 g/mol. The van der Waals surface area contributed by atoms with Gasteiger partial charge in [0.05, 0.1) is 0 Å². The molecule has 72 valence electrons. The standard InChI is InChI=1S/C8H11BrN2OS/c9-6-4-7(13-5-6)2-1-3-8(12)11-10/h4-5H,1-3,10H2,(H,11,12). The Morgan fingerprint density at radius 3 is 3.00 bits per heavy atom. The lowest BCUT2D eigenvalue weighted by atomic mass is 10.2. The first kappa shape index (κ1) is 10.7.